The summed E-state index contributed by atoms with van der Waals surface area (Å²) in [4.78, 5) is 0. The van der Waals surface area contributed by atoms with Crippen molar-refractivity contribution >= 4 is 18.4 Å². The van der Waals surface area contributed by atoms with Crippen molar-refractivity contribution in [1.29, 1.82) is 0 Å². The standard InChI is InChI=1S/C17H16N4O3S/c1-23-13-8-6-11(7-9-13)16-19-20-17(25)21(16)18-10-12-4-3-5-14(24-2)15(12)22/h3-10,22H,1-2H3,(H,20,25)/b18-10+. The molecule has 0 aliphatic rings. The number of aromatic amines is 1. The van der Waals surface area contributed by atoms with E-state index in [1.807, 2.05) is 24.3 Å². The molecule has 0 atom stereocenters. The molecule has 2 N–H and O–H groups in total. The lowest BCUT2D eigenvalue weighted by molar-refractivity contribution is 0.373. The van der Waals surface area contributed by atoms with Crippen LogP contribution in [0.2, 0.25) is 0 Å². The minimum atomic E-state index is 0.00904. The third-order valence-corrected chi connectivity index (χ3v) is 3.83. The number of phenolic OH excluding ortho intramolecular Hbond substituents is 1. The van der Waals surface area contributed by atoms with Crippen LogP contribution in [0.3, 0.4) is 0 Å². The Labute approximate surface area is 149 Å². The Morgan fingerprint density at radius 3 is 2.60 bits per heavy atom. The van der Waals surface area contributed by atoms with Gasteiger partial charge in [0.25, 0.3) is 0 Å². The Hall–Kier alpha value is -3.13. The first-order valence-corrected chi connectivity index (χ1v) is 7.77. The fourth-order valence-electron chi connectivity index (χ4n) is 2.25. The zero-order valence-corrected chi connectivity index (χ0v) is 14.4. The van der Waals surface area contributed by atoms with Gasteiger partial charge in [-0.05, 0) is 48.6 Å². The van der Waals surface area contributed by atoms with Crippen LogP contribution < -0.4 is 9.47 Å². The number of benzene rings is 2. The molecule has 0 radical (unpaired) electrons. The zero-order valence-electron chi connectivity index (χ0n) is 13.6. The van der Waals surface area contributed by atoms with Gasteiger partial charge in [0.05, 0.1) is 20.4 Å². The number of nitrogens with zero attached hydrogens (tertiary/aromatic N) is 3. The van der Waals surface area contributed by atoms with Gasteiger partial charge >= 0.3 is 0 Å². The largest absolute Gasteiger partial charge is 0.504 e. The Morgan fingerprint density at radius 2 is 1.92 bits per heavy atom. The summed E-state index contributed by atoms with van der Waals surface area (Å²) in [6.07, 6.45) is 1.50. The van der Waals surface area contributed by atoms with Gasteiger partial charge in [0.1, 0.15) is 5.75 Å². The molecule has 0 unspecified atom stereocenters. The second-order valence-electron chi connectivity index (χ2n) is 5.04. The molecular weight excluding hydrogens is 340 g/mol. The number of para-hydroxylation sites is 1. The number of nitrogens with one attached hydrogen (secondary N) is 1. The van der Waals surface area contributed by atoms with Gasteiger partial charge in [-0.3, -0.25) is 0 Å². The number of aromatic hydroxyl groups is 1. The van der Waals surface area contributed by atoms with Crippen LogP contribution in [0.25, 0.3) is 11.4 Å². The lowest BCUT2D eigenvalue weighted by Crippen LogP contribution is -1.96. The monoisotopic (exact) mass is 356 g/mol. The zero-order chi connectivity index (χ0) is 17.8. The van der Waals surface area contributed by atoms with Crippen molar-refractivity contribution in [2.24, 2.45) is 5.10 Å². The number of hydrogen-bond acceptors (Lipinski definition) is 6. The van der Waals surface area contributed by atoms with E-state index in [1.54, 1.807) is 25.3 Å². The molecule has 0 spiro atoms. The van der Waals surface area contributed by atoms with Crippen molar-refractivity contribution < 1.29 is 14.6 Å². The fraction of sp³-hybridized carbons (Fsp3) is 0.118. The average Bonchev–Trinajstić information content (AvgIpc) is 3.01. The van der Waals surface area contributed by atoms with Crippen LogP contribution in [0.4, 0.5) is 0 Å². The Kier molecular flexibility index (Phi) is 4.80. The Morgan fingerprint density at radius 1 is 1.16 bits per heavy atom. The van der Waals surface area contributed by atoms with Gasteiger partial charge in [0.2, 0.25) is 4.77 Å². The molecule has 3 rings (SSSR count). The topological polar surface area (TPSA) is 84.7 Å². The van der Waals surface area contributed by atoms with Gasteiger partial charge in [-0.25, -0.2) is 5.10 Å². The normalized spacial score (nSPS) is 11.0. The summed E-state index contributed by atoms with van der Waals surface area (Å²) in [5.41, 5.74) is 1.32. The smallest absolute Gasteiger partial charge is 0.216 e. The van der Waals surface area contributed by atoms with Crippen molar-refractivity contribution in [3.63, 3.8) is 0 Å². The maximum atomic E-state index is 10.1. The van der Waals surface area contributed by atoms with Crippen molar-refractivity contribution in [2.75, 3.05) is 14.2 Å². The molecular formula is C17H16N4O3S. The predicted octanol–water partition coefficient (Wildman–Crippen LogP) is 3.21. The number of ether oxygens (including phenoxy) is 2. The van der Waals surface area contributed by atoms with Gasteiger partial charge in [0.15, 0.2) is 17.3 Å². The highest BCUT2D eigenvalue weighted by molar-refractivity contribution is 7.71. The van der Waals surface area contributed by atoms with Crippen molar-refractivity contribution in [2.45, 2.75) is 0 Å². The number of rotatable bonds is 5. The molecule has 128 valence electrons. The molecule has 8 heteroatoms. The highest BCUT2D eigenvalue weighted by Crippen LogP contribution is 2.28. The van der Waals surface area contributed by atoms with Crippen LogP contribution in [0.5, 0.6) is 17.2 Å². The molecule has 0 fully saturated rings. The molecule has 1 heterocycles. The van der Waals surface area contributed by atoms with Crippen LogP contribution in [0, 0.1) is 4.77 Å². The second-order valence-corrected chi connectivity index (χ2v) is 5.42. The summed E-state index contributed by atoms with van der Waals surface area (Å²) in [5, 5.41) is 21.4. The van der Waals surface area contributed by atoms with Gasteiger partial charge in [0, 0.05) is 11.1 Å². The molecule has 0 aliphatic carbocycles. The molecule has 25 heavy (non-hydrogen) atoms. The number of aromatic nitrogens is 3. The van der Waals surface area contributed by atoms with E-state index < -0.39 is 0 Å². The van der Waals surface area contributed by atoms with E-state index >= 15 is 0 Å². The number of hydrogen-bond donors (Lipinski definition) is 2. The Bertz CT molecular complexity index is 961. The molecule has 1 aromatic heterocycles. The SMILES string of the molecule is COc1ccc(-c2n[nH]c(=S)n2/N=C/c2cccc(OC)c2O)cc1. The summed E-state index contributed by atoms with van der Waals surface area (Å²) in [6.45, 7) is 0. The minimum absolute atomic E-state index is 0.00904. The number of phenols is 1. The van der Waals surface area contributed by atoms with E-state index in [0.717, 1.165) is 11.3 Å². The Balaban J connectivity index is 1.98. The molecule has 0 aliphatic heterocycles. The van der Waals surface area contributed by atoms with E-state index in [0.29, 0.717) is 21.9 Å². The van der Waals surface area contributed by atoms with Gasteiger partial charge in [-0.15, -0.1) is 0 Å². The lowest BCUT2D eigenvalue weighted by Gasteiger charge is -2.05. The number of H-pyrrole nitrogens is 1. The van der Waals surface area contributed by atoms with Crippen molar-refractivity contribution in [3.05, 3.63) is 52.8 Å². The van der Waals surface area contributed by atoms with Crippen LogP contribution in [0.15, 0.2) is 47.6 Å². The van der Waals surface area contributed by atoms with Gasteiger partial charge < -0.3 is 14.6 Å². The molecule has 7 nitrogen and oxygen atoms in total. The van der Waals surface area contributed by atoms with Crippen LogP contribution in [0.1, 0.15) is 5.56 Å². The first-order valence-electron chi connectivity index (χ1n) is 7.36. The lowest BCUT2D eigenvalue weighted by atomic mass is 10.2. The second kappa shape index (κ2) is 7.18. The molecule has 0 amide bonds. The van der Waals surface area contributed by atoms with Gasteiger partial charge in [-0.1, -0.05) is 6.07 Å². The molecule has 0 saturated carbocycles. The maximum absolute atomic E-state index is 10.1. The van der Waals surface area contributed by atoms with E-state index in [4.69, 9.17) is 21.7 Å². The third-order valence-electron chi connectivity index (χ3n) is 3.56. The van der Waals surface area contributed by atoms with E-state index in [2.05, 4.69) is 15.3 Å². The summed E-state index contributed by atoms with van der Waals surface area (Å²) in [5.74, 6) is 1.67. The van der Waals surface area contributed by atoms with Crippen LogP contribution >= 0.6 is 12.2 Å². The first-order chi connectivity index (χ1) is 12.1. The van der Waals surface area contributed by atoms with Crippen molar-refractivity contribution in [3.8, 4) is 28.6 Å². The fourth-order valence-corrected chi connectivity index (χ4v) is 2.43. The summed E-state index contributed by atoms with van der Waals surface area (Å²) >= 11 is 5.24. The molecule has 0 bridgehead atoms. The summed E-state index contributed by atoms with van der Waals surface area (Å²) in [7, 11) is 3.10. The molecule has 0 saturated heterocycles. The van der Waals surface area contributed by atoms with Crippen LogP contribution in [-0.2, 0) is 0 Å². The van der Waals surface area contributed by atoms with Crippen LogP contribution in [-0.4, -0.2) is 40.4 Å². The van der Waals surface area contributed by atoms with Gasteiger partial charge in [-0.2, -0.15) is 14.9 Å². The molecule has 2 aromatic carbocycles. The van der Waals surface area contributed by atoms with Crippen molar-refractivity contribution in [1.82, 2.24) is 14.9 Å². The average molecular weight is 356 g/mol. The quantitative estimate of drug-likeness (QED) is 0.542. The molecule has 3 aromatic rings. The first kappa shape index (κ1) is 16.7. The highest BCUT2D eigenvalue weighted by Gasteiger charge is 2.09. The predicted molar refractivity (Wildman–Crippen MR) is 97.1 cm³/mol. The maximum Gasteiger partial charge on any atom is 0.216 e. The minimum Gasteiger partial charge on any atom is -0.504 e. The van der Waals surface area contributed by atoms with E-state index in [9.17, 15) is 5.11 Å². The summed E-state index contributed by atoms with van der Waals surface area (Å²) < 4.78 is 12.1. The summed E-state index contributed by atoms with van der Waals surface area (Å²) in [6, 6.07) is 12.5. The highest BCUT2D eigenvalue weighted by atomic mass is 32.1. The van der Waals surface area contributed by atoms with E-state index in [-0.39, 0.29) is 5.75 Å². The third kappa shape index (κ3) is 3.38. The van der Waals surface area contributed by atoms with E-state index in [1.165, 1.54) is 18.0 Å². The number of methoxy groups -OCH3 is 2.